The van der Waals surface area contributed by atoms with Gasteiger partial charge in [0.05, 0.1) is 5.75 Å². The fourth-order valence-electron chi connectivity index (χ4n) is 3.03. The molecule has 1 amide bonds. The lowest BCUT2D eigenvalue weighted by atomic mass is 9.97. The first kappa shape index (κ1) is 17.4. The number of amides is 1. The molecule has 1 atom stereocenters. The van der Waals surface area contributed by atoms with Crippen molar-refractivity contribution >= 4 is 29.0 Å². The number of likely N-dealkylation sites (tertiary alicyclic amines) is 1. The summed E-state index contributed by atoms with van der Waals surface area (Å²) in [5.41, 5.74) is 1.11. The Labute approximate surface area is 150 Å². The summed E-state index contributed by atoms with van der Waals surface area (Å²) in [4.78, 5) is 19.1. The topological polar surface area (TPSA) is 59.0 Å². The molecule has 0 aliphatic carbocycles. The second-order valence-corrected chi connectivity index (χ2v) is 8.38. The molecule has 24 heavy (non-hydrogen) atoms. The maximum atomic E-state index is 12.6. The van der Waals surface area contributed by atoms with Crippen molar-refractivity contribution in [2.24, 2.45) is 0 Å². The predicted molar refractivity (Wildman–Crippen MR) is 97.3 cm³/mol. The van der Waals surface area contributed by atoms with Gasteiger partial charge in [-0.25, -0.2) is 0 Å². The van der Waals surface area contributed by atoms with Gasteiger partial charge in [0, 0.05) is 24.5 Å². The van der Waals surface area contributed by atoms with Crippen molar-refractivity contribution in [3.05, 3.63) is 35.1 Å². The minimum Gasteiger partial charge on any atom is -0.339 e. The fraction of sp³-hybridized carbons (Fsp3) is 0.529. The van der Waals surface area contributed by atoms with Crippen molar-refractivity contribution in [3.8, 4) is 0 Å². The standard InChI is InChI=1S/C17H22N4OS2/c1-13-19-20-17(24-13)23-12-16(22)21-11-5-3-7-15(21)9-8-14-6-2-4-10-18-14/h2,4,6,10,15H,3,5,7-9,11-12H2,1H3/t15-/m1/s1. The van der Waals surface area contributed by atoms with Gasteiger partial charge in [0.2, 0.25) is 5.91 Å². The zero-order valence-corrected chi connectivity index (χ0v) is 15.5. The van der Waals surface area contributed by atoms with Crippen LogP contribution in [0.4, 0.5) is 0 Å². The number of carbonyl (C=O) groups excluding carboxylic acids is 1. The lowest BCUT2D eigenvalue weighted by Gasteiger charge is -2.36. The van der Waals surface area contributed by atoms with Gasteiger partial charge in [-0.1, -0.05) is 29.2 Å². The van der Waals surface area contributed by atoms with Crippen molar-refractivity contribution in [2.75, 3.05) is 12.3 Å². The number of carbonyl (C=O) groups is 1. The minimum atomic E-state index is 0.221. The van der Waals surface area contributed by atoms with Crippen LogP contribution in [0.1, 0.15) is 36.4 Å². The van der Waals surface area contributed by atoms with E-state index in [0.29, 0.717) is 11.8 Å². The van der Waals surface area contributed by atoms with Crippen LogP contribution in [-0.4, -0.2) is 44.3 Å². The molecule has 2 aromatic heterocycles. The fourth-order valence-corrected chi connectivity index (χ4v) is 4.73. The molecule has 1 aliphatic heterocycles. The number of aryl methyl sites for hydroxylation is 2. The summed E-state index contributed by atoms with van der Waals surface area (Å²) in [6.45, 7) is 2.81. The van der Waals surface area contributed by atoms with Crippen molar-refractivity contribution < 1.29 is 4.79 Å². The van der Waals surface area contributed by atoms with Crippen LogP contribution in [0.5, 0.6) is 0 Å². The van der Waals surface area contributed by atoms with Crippen LogP contribution in [0.2, 0.25) is 0 Å². The number of rotatable bonds is 6. The van der Waals surface area contributed by atoms with E-state index >= 15 is 0 Å². The molecular weight excluding hydrogens is 340 g/mol. The molecule has 0 aromatic carbocycles. The minimum absolute atomic E-state index is 0.221. The van der Waals surface area contributed by atoms with Crippen LogP contribution >= 0.6 is 23.1 Å². The molecule has 3 heterocycles. The van der Waals surface area contributed by atoms with Crippen LogP contribution in [0.3, 0.4) is 0 Å². The van der Waals surface area contributed by atoms with Gasteiger partial charge in [-0.3, -0.25) is 9.78 Å². The Morgan fingerprint density at radius 1 is 1.38 bits per heavy atom. The Morgan fingerprint density at radius 3 is 3.04 bits per heavy atom. The lowest BCUT2D eigenvalue weighted by Crippen LogP contribution is -2.44. The van der Waals surface area contributed by atoms with Gasteiger partial charge in [0.15, 0.2) is 4.34 Å². The average molecular weight is 363 g/mol. The van der Waals surface area contributed by atoms with E-state index in [-0.39, 0.29) is 5.91 Å². The van der Waals surface area contributed by atoms with E-state index in [0.717, 1.165) is 47.3 Å². The second kappa shape index (κ2) is 8.58. The number of thioether (sulfide) groups is 1. The zero-order chi connectivity index (χ0) is 16.8. The third kappa shape index (κ3) is 4.77. The molecule has 1 aliphatic rings. The number of nitrogens with zero attached hydrogens (tertiary/aromatic N) is 4. The summed E-state index contributed by atoms with van der Waals surface area (Å²) in [5, 5.41) is 9.02. The number of aromatic nitrogens is 3. The molecule has 3 rings (SSSR count). The van der Waals surface area contributed by atoms with Crippen molar-refractivity contribution in [1.82, 2.24) is 20.1 Å². The molecule has 0 saturated carbocycles. The van der Waals surface area contributed by atoms with Gasteiger partial charge >= 0.3 is 0 Å². The van der Waals surface area contributed by atoms with Crippen LogP contribution in [0.25, 0.3) is 0 Å². The Morgan fingerprint density at radius 2 is 2.29 bits per heavy atom. The van der Waals surface area contributed by atoms with Crippen molar-refractivity contribution in [2.45, 2.75) is 49.4 Å². The molecule has 7 heteroatoms. The summed E-state index contributed by atoms with van der Waals surface area (Å²) < 4.78 is 0.878. The number of hydrogen-bond donors (Lipinski definition) is 0. The summed E-state index contributed by atoms with van der Waals surface area (Å²) in [5.74, 6) is 0.674. The van der Waals surface area contributed by atoms with E-state index in [1.165, 1.54) is 18.2 Å². The highest BCUT2D eigenvalue weighted by Crippen LogP contribution is 2.25. The quantitative estimate of drug-likeness (QED) is 0.738. The maximum absolute atomic E-state index is 12.6. The van der Waals surface area contributed by atoms with E-state index in [1.54, 1.807) is 11.3 Å². The monoisotopic (exact) mass is 362 g/mol. The molecule has 0 N–H and O–H groups in total. The maximum Gasteiger partial charge on any atom is 0.233 e. The van der Waals surface area contributed by atoms with Crippen molar-refractivity contribution in [3.63, 3.8) is 0 Å². The predicted octanol–water partition coefficient (Wildman–Crippen LogP) is 3.35. The van der Waals surface area contributed by atoms with E-state index in [2.05, 4.69) is 26.1 Å². The van der Waals surface area contributed by atoms with E-state index in [1.807, 2.05) is 25.3 Å². The highest BCUT2D eigenvalue weighted by molar-refractivity contribution is 8.01. The molecule has 0 radical (unpaired) electrons. The Kier molecular flexibility index (Phi) is 6.20. The number of piperidine rings is 1. The molecule has 0 spiro atoms. The van der Waals surface area contributed by atoms with Gasteiger partial charge in [-0.15, -0.1) is 10.2 Å². The van der Waals surface area contributed by atoms with E-state index < -0.39 is 0 Å². The van der Waals surface area contributed by atoms with Gasteiger partial charge in [-0.05, 0) is 51.2 Å². The smallest absolute Gasteiger partial charge is 0.233 e. The van der Waals surface area contributed by atoms with Crippen LogP contribution in [0, 0.1) is 6.92 Å². The highest BCUT2D eigenvalue weighted by atomic mass is 32.2. The Hall–Kier alpha value is -1.47. The molecule has 2 aromatic rings. The zero-order valence-electron chi connectivity index (χ0n) is 13.9. The summed E-state index contributed by atoms with van der Waals surface area (Å²) >= 11 is 3.05. The highest BCUT2D eigenvalue weighted by Gasteiger charge is 2.26. The molecule has 128 valence electrons. The van der Waals surface area contributed by atoms with Crippen molar-refractivity contribution in [1.29, 1.82) is 0 Å². The van der Waals surface area contributed by atoms with Crippen LogP contribution in [0.15, 0.2) is 28.7 Å². The molecule has 5 nitrogen and oxygen atoms in total. The molecular formula is C17H22N4OS2. The SMILES string of the molecule is Cc1nnc(SCC(=O)N2CCCC[C@@H]2CCc2ccccn2)s1. The van der Waals surface area contributed by atoms with Crippen LogP contribution < -0.4 is 0 Å². The molecule has 0 bridgehead atoms. The largest absolute Gasteiger partial charge is 0.339 e. The van der Waals surface area contributed by atoms with Gasteiger partial charge in [0.1, 0.15) is 5.01 Å². The Bertz CT molecular complexity index is 662. The van der Waals surface area contributed by atoms with E-state index in [9.17, 15) is 4.79 Å². The second-order valence-electron chi connectivity index (χ2n) is 5.97. The summed E-state index contributed by atoms with van der Waals surface area (Å²) in [7, 11) is 0. The third-order valence-corrected chi connectivity index (χ3v) is 6.19. The molecule has 1 fully saturated rings. The molecule has 1 saturated heterocycles. The van der Waals surface area contributed by atoms with E-state index in [4.69, 9.17) is 0 Å². The van der Waals surface area contributed by atoms with Gasteiger partial charge < -0.3 is 4.90 Å². The number of pyridine rings is 1. The van der Waals surface area contributed by atoms with Gasteiger partial charge in [0.25, 0.3) is 0 Å². The molecule has 0 unspecified atom stereocenters. The average Bonchev–Trinajstić information content (AvgIpc) is 3.04. The van der Waals surface area contributed by atoms with Gasteiger partial charge in [-0.2, -0.15) is 0 Å². The number of hydrogen-bond acceptors (Lipinski definition) is 6. The first-order valence-electron chi connectivity index (χ1n) is 8.34. The summed E-state index contributed by atoms with van der Waals surface area (Å²) in [6, 6.07) is 6.35. The third-order valence-electron chi connectivity index (χ3n) is 4.23. The lowest BCUT2D eigenvalue weighted by molar-refractivity contribution is -0.132. The normalized spacial score (nSPS) is 17.9. The van der Waals surface area contributed by atoms with Crippen LogP contribution in [-0.2, 0) is 11.2 Å². The Balaban J connectivity index is 1.54. The summed E-state index contributed by atoms with van der Waals surface area (Å²) in [6.07, 6.45) is 7.16. The first-order chi connectivity index (χ1) is 11.7. The first-order valence-corrected chi connectivity index (χ1v) is 10.1.